The van der Waals surface area contributed by atoms with Crippen LogP contribution in [0, 0.1) is 34.5 Å². The summed E-state index contributed by atoms with van der Waals surface area (Å²) >= 11 is 0. The lowest BCUT2D eigenvalue weighted by molar-refractivity contribution is -0.211. The molecule has 7 N–H and O–H groups in total. The summed E-state index contributed by atoms with van der Waals surface area (Å²) in [4.78, 5) is 0. The first-order valence-corrected chi connectivity index (χ1v) is 11.4. The molecule has 0 radical (unpaired) electrons. The van der Waals surface area contributed by atoms with Crippen molar-refractivity contribution >= 4 is 5.96 Å². The van der Waals surface area contributed by atoms with Crippen molar-refractivity contribution in [2.45, 2.75) is 96.3 Å². The standard InChI is InChI=1S/C22H40N4O2/c1-13(25-26-19(23)24)16-8-11-22(28)18-5-4-14-12-15(27)6-9-20(14,2)17(18)7-10-21(16,22)3/h13-18,25,27-28H,4-12H2,1-3H3,(H4,23,24,26)/t13?,14?,15?,16-,17+,18-,20+,21-,22-/m1/s1. The molecule has 0 heterocycles. The minimum atomic E-state index is -0.599. The maximum absolute atomic E-state index is 12.2. The lowest BCUT2D eigenvalue weighted by Gasteiger charge is -2.63. The first-order valence-electron chi connectivity index (χ1n) is 11.4. The van der Waals surface area contributed by atoms with Crippen LogP contribution in [0.4, 0.5) is 0 Å². The van der Waals surface area contributed by atoms with Gasteiger partial charge in [0.15, 0.2) is 0 Å². The summed E-state index contributed by atoms with van der Waals surface area (Å²) in [5.74, 6) is 1.99. The quantitative estimate of drug-likeness (QED) is 0.287. The lowest BCUT2D eigenvalue weighted by atomic mass is 9.43. The van der Waals surface area contributed by atoms with E-state index in [1.807, 2.05) is 0 Å². The van der Waals surface area contributed by atoms with Crippen LogP contribution < -0.4 is 16.9 Å². The van der Waals surface area contributed by atoms with E-state index in [0.29, 0.717) is 23.7 Å². The van der Waals surface area contributed by atoms with Gasteiger partial charge >= 0.3 is 0 Å². The van der Waals surface area contributed by atoms with E-state index < -0.39 is 5.60 Å². The van der Waals surface area contributed by atoms with Crippen LogP contribution >= 0.6 is 0 Å². The summed E-state index contributed by atoms with van der Waals surface area (Å²) in [6, 6.07) is 0.134. The monoisotopic (exact) mass is 392 g/mol. The van der Waals surface area contributed by atoms with Crippen LogP contribution in [0.15, 0.2) is 5.10 Å². The molecule has 0 aromatic carbocycles. The fourth-order valence-corrected chi connectivity index (χ4v) is 8.31. The molecule has 0 bridgehead atoms. The van der Waals surface area contributed by atoms with E-state index in [4.69, 9.17) is 11.5 Å². The van der Waals surface area contributed by atoms with Crippen molar-refractivity contribution in [3.63, 3.8) is 0 Å². The van der Waals surface area contributed by atoms with Crippen LogP contribution in [0.1, 0.15) is 78.6 Å². The molecule has 0 saturated heterocycles. The molecule has 28 heavy (non-hydrogen) atoms. The number of fused-ring (bicyclic) bond motifs is 5. The third kappa shape index (κ3) is 2.78. The first-order chi connectivity index (χ1) is 13.1. The molecule has 0 aromatic rings. The van der Waals surface area contributed by atoms with Gasteiger partial charge in [0.25, 0.3) is 0 Å². The average Bonchev–Trinajstić information content (AvgIpc) is 2.92. The van der Waals surface area contributed by atoms with Gasteiger partial charge in [0.2, 0.25) is 5.96 Å². The molecule has 9 atom stereocenters. The largest absolute Gasteiger partial charge is 0.393 e. The highest BCUT2D eigenvalue weighted by Gasteiger charge is 2.67. The summed E-state index contributed by atoms with van der Waals surface area (Å²) in [5.41, 5.74) is 13.7. The van der Waals surface area contributed by atoms with Gasteiger partial charge in [-0.1, -0.05) is 13.8 Å². The van der Waals surface area contributed by atoms with Gasteiger partial charge in [0.05, 0.1) is 11.7 Å². The molecule has 4 aliphatic carbocycles. The van der Waals surface area contributed by atoms with Gasteiger partial charge in [-0.2, -0.15) is 0 Å². The predicted molar refractivity (Wildman–Crippen MR) is 111 cm³/mol. The van der Waals surface area contributed by atoms with E-state index in [1.54, 1.807) is 0 Å². The zero-order chi connectivity index (χ0) is 20.3. The maximum atomic E-state index is 12.2. The maximum Gasteiger partial charge on any atom is 0.208 e. The van der Waals surface area contributed by atoms with Crippen LogP contribution in [0.3, 0.4) is 0 Å². The first kappa shape index (κ1) is 20.3. The molecule has 6 heteroatoms. The van der Waals surface area contributed by atoms with Crippen LogP contribution in [0.2, 0.25) is 0 Å². The number of hydrogen-bond donors (Lipinski definition) is 5. The summed E-state index contributed by atoms with van der Waals surface area (Å²) in [6.45, 7) is 6.91. The van der Waals surface area contributed by atoms with Gasteiger partial charge in [-0.15, -0.1) is 5.10 Å². The Labute approximate surface area is 169 Å². The molecule has 4 rings (SSSR count). The van der Waals surface area contributed by atoms with E-state index in [9.17, 15) is 10.2 Å². The minimum absolute atomic E-state index is 0.0553. The molecule has 3 unspecified atom stereocenters. The molecule has 0 aliphatic heterocycles. The van der Waals surface area contributed by atoms with Crippen molar-refractivity contribution in [1.29, 1.82) is 0 Å². The van der Waals surface area contributed by atoms with Gasteiger partial charge in [0.1, 0.15) is 0 Å². The number of aliphatic hydroxyl groups is 2. The Morgan fingerprint density at radius 2 is 1.79 bits per heavy atom. The molecule has 0 amide bonds. The second kappa shape index (κ2) is 6.76. The van der Waals surface area contributed by atoms with Gasteiger partial charge < -0.3 is 27.1 Å². The number of guanidine groups is 1. The smallest absolute Gasteiger partial charge is 0.208 e. The Morgan fingerprint density at radius 1 is 1.04 bits per heavy atom. The number of hydrogen-bond acceptors (Lipinski definition) is 4. The third-order valence-corrected chi connectivity index (χ3v) is 9.90. The molecule has 4 fully saturated rings. The number of rotatable bonds is 3. The molecule has 0 spiro atoms. The Hall–Kier alpha value is -1.01. The van der Waals surface area contributed by atoms with Crippen molar-refractivity contribution < 1.29 is 10.2 Å². The molecule has 6 nitrogen and oxygen atoms in total. The average molecular weight is 393 g/mol. The van der Waals surface area contributed by atoms with E-state index in [-0.39, 0.29) is 28.9 Å². The van der Waals surface area contributed by atoms with Crippen LogP contribution in [0.5, 0.6) is 0 Å². The van der Waals surface area contributed by atoms with Crippen molar-refractivity contribution in [3.05, 3.63) is 0 Å². The van der Waals surface area contributed by atoms with Crippen molar-refractivity contribution in [2.24, 2.45) is 51.1 Å². The second-order valence-corrected chi connectivity index (χ2v) is 10.9. The van der Waals surface area contributed by atoms with Gasteiger partial charge in [-0.25, -0.2) is 0 Å². The number of nitrogens with two attached hydrogens (primary N) is 2. The Kier molecular flexibility index (Phi) is 4.90. The summed E-state index contributed by atoms with van der Waals surface area (Å²) in [7, 11) is 0. The van der Waals surface area contributed by atoms with Gasteiger partial charge in [0, 0.05) is 11.5 Å². The summed E-state index contributed by atoms with van der Waals surface area (Å²) in [6.07, 6.45) is 9.28. The Balaban J connectivity index is 1.59. The number of aliphatic hydroxyl groups excluding tert-OH is 1. The zero-order valence-electron chi connectivity index (χ0n) is 17.8. The van der Waals surface area contributed by atoms with Crippen LogP contribution in [-0.4, -0.2) is 33.9 Å². The highest BCUT2D eigenvalue weighted by atomic mass is 16.3. The van der Waals surface area contributed by atoms with Crippen LogP contribution in [0.25, 0.3) is 0 Å². The summed E-state index contributed by atoms with van der Waals surface area (Å²) < 4.78 is 0. The normalized spacial score (nSPS) is 51.4. The van der Waals surface area contributed by atoms with E-state index in [0.717, 1.165) is 51.4 Å². The molecular weight excluding hydrogens is 352 g/mol. The molecule has 4 saturated carbocycles. The molecular formula is C22H40N4O2. The third-order valence-electron chi connectivity index (χ3n) is 9.90. The zero-order valence-corrected chi connectivity index (χ0v) is 17.8. The highest BCUT2D eigenvalue weighted by molar-refractivity contribution is 5.75. The Bertz CT molecular complexity index is 638. The lowest BCUT2D eigenvalue weighted by Crippen LogP contribution is -2.63. The summed E-state index contributed by atoms with van der Waals surface area (Å²) in [5, 5.41) is 26.4. The number of nitrogens with zero attached hydrogens (tertiary/aromatic N) is 1. The SMILES string of the molecule is CC(NN=C(N)N)[C@H]1CC[C@@]2(O)[C@@H]3CCC4CC(O)CC[C@]4(C)[C@H]3CC[C@]12C. The van der Waals surface area contributed by atoms with Crippen molar-refractivity contribution in [3.8, 4) is 0 Å². The molecule has 160 valence electrons. The van der Waals surface area contributed by atoms with E-state index in [2.05, 4.69) is 31.3 Å². The van der Waals surface area contributed by atoms with Crippen molar-refractivity contribution in [1.82, 2.24) is 5.43 Å². The molecule has 0 aromatic heterocycles. The van der Waals surface area contributed by atoms with Gasteiger partial charge in [-0.3, -0.25) is 0 Å². The van der Waals surface area contributed by atoms with Crippen molar-refractivity contribution in [2.75, 3.05) is 0 Å². The fourth-order valence-electron chi connectivity index (χ4n) is 8.31. The second-order valence-electron chi connectivity index (χ2n) is 10.9. The Morgan fingerprint density at radius 3 is 2.50 bits per heavy atom. The number of nitrogens with one attached hydrogen (secondary N) is 1. The highest BCUT2D eigenvalue weighted by Crippen LogP contribution is 2.69. The van der Waals surface area contributed by atoms with E-state index >= 15 is 0 Å². The topological polar surface area (TPSA) is 117 Å². The van der Waals surface area contributed by atoms with E-state index in [1.165, 1.54) is 6.42 Å². The minimum Gasteiger partial charge on any atom is -0.393 e. The molecule has 4 aliphatic rings. The fraction of sp³-hybridized carbons (Fsp3) is 0.955. The van der Waals surface area contributed by atoms with Crippen LogP contribution in [-0.2, 0) is 0 Å². The predicted octanol–water partition coefficient (Wildman–Crippen LogP) is 2.29. The van der Waals surface area contributed by atoms with Gasteiger partial charge in [-0.05, 0) is 93.8 Å². The number of hydrazone groups is 1.